The Bertz CT molecular complexity index is 837. The minimum Gasteiger partial charge on any atom is -0.478 e. The van der Waals surface area contributed by atoms with Crippen LogP contribution in [0.1, 0.15) is 22.0 Å². The Labute approximate surface area is 144 Å². The lowest BCUT2D eigenvalue weighted by Gasteiger charge is -2.11. The highest BCUT2D eigenvalue weighted by atomic mass is 19.4. The predicted octanol–water partition coefficient (Wildman–Crippen LogP) is 3.17. The largest absolute Gasteiger partial charge is 0.573 e. The predicted molar refractivity (Wildman–Crippen MR) is 80.0 cm³/mol. The summed E-state index contributed by atoms with van der Waals surface area (Å²) in [5, 5.41) is 8.92. The van der Waals surface area contributed by atoms with Crippen molar-refractivity contribution in [3.8, 4) is 11.5 Å². The molecule has 2 N–H and O–H groups in total. The molecule has 0 saturated heterocycles. The van der Waals surface area contributed by atoms with Gasteiger partial charge in [-0.15, -0.1) is 13.2 Å². The highest BCUT2D eigenvalue weighted by Crippen LogP contribution is 2.29. The molecule has 1 unspecified atom stereocenters. The fourth-order valence-electron chi connectivity index (χ4n) is 2.12. The van der Waals surface area contributed by atoms with Crippen molar-refractivity contribution in [2.45, 2.75) is 12.5 Å². The summed E-state index contributed by atoms with van der Waals surface area (Å²) in [6.45, 7) is 0. The van der Waals surface area contributed by atoms with Gasteiger partial charge in [-0.1, -0.05) is 12.1 Å². The van der Waals surface area contributed by atoms with Crippen LogP contribution in [0.4, 0.5) is 13.2 Å². The Kier molecular flexibility index (Phi) is 4.67. The van der Waals surface area contributed by atoms with E-state index in [9.17, 15) is 18.0 Å². The summed E-state index contributed by atoms with van der Waals surface area (Å²) in [7, 11) is 0. The lowest BCUT2D eigenvalue weighted by Crippen LogP contribution is -2.17. The number of carbonyl (C=O) groups is 1. The van der Waals surface area contributed by atoms with Crippen LogP contribution in [-0.2, 0) is 4.84 Å². The van der Waals surface area contributed by atoms with Crippen LogP contribution >= 0.6 is 0 Å². The van der Waals surface area contributed by atoms with Crippen LogP contribution in [0.3, 0.4) is 0 Å². The normalized spacial score (nSPS) is 16.6. The molecule has 0 saturated carbocycles. The fraction of sp³-hybridized carbons (Fsp3) is 0.125. The highest BCUT2D eigenvalue weighted by Gasteiger charge is 2.31. The lowest BCUT2D eigenvalue weighted by atomic mass is 10.1. The van der Waals surface area contributed by atoms with E-state index in [0.717, 1.165) is 0 Å². The quantitative estimate of drug-likeness (QED) is 0.838. The first-order valence-corrected chi connectivity index (χ1v) is 7.15. The molecule has 0 radical (unpaired) electrons. The summed E-state index contributed by atoms with van der Waals surface area (Å²) in [6, 6.07) is 6.45. The van der Waals surface area contributed by atoms with E-state index < -0.39 is 18.4 Å². The molecule has 1 aromatic heterocycles. The van der Waals surface area contributed by atoms with Gasteiger partial charge >= 0.3 is 12.3 Å². The molecule has 0 spiro atoms. The topological polar surface area (TPSA) is 89.9 Å². The molecule has 136 valence electrons. The molecule has 10 heteroatoms. The van der Waals surface area contributed by atoms with Gasteiger partial charge in [-0.2, -0.15) is 0 Å². The number of aromatic carboxylic acids is 1. The Balaban J connectivity index is 1.68. The number of hydrogen-bond donors (Lipinski definition) is 2. The minimum atomic E-state index is -4.76. The van der Waals surface area contributed by atoms with Gasteiger partial charge in [-0.05, 0) is 23.8 Å². The average Bonchev–Trinajstić information content (AvgIpc) is 3.03. The van der Waals surface area contributed by atoms with Crippen LogP contribution in [0.15, 0.2) is 54.7 Å². The van der Waals surface area contributed by atoms with Gasteiger partial charge in [0.05, 0.1) is 11.8 Å². The SMILES string of the molecule is O=C(O)c1cncc(OC2=CC(c3ccc(OC(F)(F)F)cc3)ON2)c1. The Hall–Kier alpha value is -3.27. The van der Waals surface area contributed by atoms with E-state index in [1.54, 1.807) is 0 Å². The second-order valence-electron chi connectivity index (χ2n) is 5.10. The fourth-order valence-corrected chi connectivity index (χ4v) is 2.12. The number of rotatable bonds is 5. The summed E-state index contributed by atoms with van der Waals surface area (Å²) in [5.74, 6) is -1.12. The third-order valence-electron chi connectivity index (χ3n) is 3.22. The monoisotopic (exact) mass is 368 g/mol. The average molecular weight is 368 g/mol. The molecule has 0 amide bonds. The maximum atomic E-state index is 12.2. The molecule has 0 fully saturated rings. The summed E-state index contributed by atoms with van der Waals surface area (Å²) in [4.78, 5) is 19.9. The first kappa shape index (κ1) is 17.5. The standard InChI is InChI=1S/C16H11F3N2O5/c17-16(18,19)25-11-3-1-9(2-4-11)13-6-14(21-26-13)24-12-5-10(15(22)23)7-20-8-12/h1-8,13,21H,(H,22,23). The molecule has 1 aliphatic heterocycles. The molecular formula is C16H11F3N2O5. The molecule has 0 aliphatic carbocycles. The number of aromatic nitrogens is 1. The van der Waals surface area contributed by atoms with E-state index in [-0.39, 0.29) is 22.9 Å². The van der Waals surface area contributed by atoms with E-state index in [2.05, 4.69) is 15.2 Å². The van der Waals surface area contributed by atoms with Crippen molar-refractivity contribution in [3.63, 3.8) is 0 Å². The number of pyridine rings is 1. The van der Waals surface area contributed by atoms with Crippen LogP contribution in [0.25, 0.3) is 0 Å². The molecule has 26 heavy (non-hydrogen) atoms. The van der Waals surface area contributed by atoms with Gasteiger partial charge < -0.3 is 14.6 Å². The minimum absolute atomic E-state index is 0.0428. The van der Waals surface area contributed by atoms with E-state index in [1.807, 2.05) is 0 Å². The first-order chi connectivity index (χ1) is 12.3. The number of carboxylic acid groups (broad SMARTS) is 1. The maximum Gasteiger partial charge on any atom is 0.573 e. The number of benzene rings is 1. The molecule has 1 aromatic carbocycles. The zero-order valence-electron chi connectivity index (χ0n) is 12.9. The van der Waals surface area contributed by atoms with E-state index in [4.69, 9.17) is 14.7 Å². The van der Waals surface area contributed by atoms with Crippen LogP contribution < -0.4 is 15.0 Å². The van der Waals surface area contributed by atoms with Gasteiger partial charge in [0, 0.05) is 12.3 Å². The van der Waals surface area contributed by atoms with Crippen molar-refractivity contribution in [3.05, 3.63) is 65.8 Å². The Morgan fingerprint density at radius 3 is 2.58 bits per heavy atom. The van der Waals surface area contributed by atoms with E-state index >= 15 is 0 Å². The molecular weight excluding hydrogens is 357 g/mol. The van der Waals surface area contributed by atoms with Crippen molar-refractivity contribution in [2.24, 2.45) is 0 Å². The third kappa shape index (κ3) is 4.42. The number of hydrogen-bond acceptors (Lipinski definition) is 6. The van der Waals surface area contributed by atoms with Gasteiger partial charge in [0.1, 0.15) is 17.6 Å². The highest BCUT2D eigenvalue weighted by molar-refractivity contribution is 5.87. The molecule has 1 atom stereocenters. The summed E-state index contributed by atoms with van der Waals surface area (Å²) >= 11 is 0. The number of nitrogens with one attached hydrogen (secondary N) is 1. The zero-order chi connectivity index (χ0) is 18.7. The van der Waals surface area contributed by atoms with Gasteiger partial charge in [-0.3, -0.25) is 9.82 Å². The van der Waals surface area contributed by atoms with Gasteiger partial charge in [0.2, 0.25) is 5.88 Å². The molecule has 0 bridgehead atoms. The Morgan fingerprint density at radius 1 is 1.19 bits per heavy atom. The summed E-state index contributed by atoms with van der Waals surface area (Å²) in [6.07, 6.45) is -1.33. The van der Waals surface area contributed by atoms with Gasteiger partial charge in [-0.25, -0.2) is 10.3 Å². The lowest BCUT2D eigenvalue weighted by molar-refractivity contribution is -0.274. The molecule has 1 aliphatic rings. The molecule has 3 rings (SSSR count). The molecule has 2 heterocycles. The van der Waals surface area contributed by atoms with Crippen molar-refractivity contribution in [1.82, 2.24) is 10.5 Å². The van der Waals surface area contributed by atoms with Crippen molar-refractivity contribution in [2.75, 3.05) is 0 Å². The van der Waals surface area contributed by atoms with Crippen LogP contribution in [0.2, 0.25) is 0 Å². The summed E-state index contributed by atoms with van der Waals surface area (Å²) in [5.41, 5.74) is 3.02. The van der Waals surface area contributed by atoms with Crippen LogP contribution in [0.5, 0.6) is 11.5 Å². The smallest absolute Gasteiger partial charge is 0.478 e. The van der Waals surface area contributed by atoms with Crippen molar-refractivity contribution in [1.29, 1.82) is 0 Å². The third-order valence-corrected chi connectivity index (χ3v) is 3.22. The maximum absolute atomic E-state index is 12.2. The van der Waals surface area contributed by atoms with Crippen molar-refractivity contribution >= 4 is 5.97 Å². The van der Waals surface area contributed by atoms with E-state index in [1.165, 1.54) is 48.8 Å². The second-order valence-corrected chi connectivity index (χ2v) is 5.10. The zero-order valence-corrected chi connectivity index (χ0v) is 12.9. The summed E-state index contributed by atoms with van der Waals surface area (Å²) < 4.78 is 45.7. The van der Waals surface area contributed by atoms with Crippen LogP contribution in [-0.4, -0.2) is 22.4 Å². The van der Waals surface area contributed by atoms with E-state index in [0.29, 0.717) is 5.56 Å². The first-order valence-electron chi connectivity index (χ1n) is 7.15. The Morgan fingerprint density at radius 2 is 1.92 bits per heavy atom. The number of halogens is 3. The number of hydroxylamine groups is 1. The van der Waals surface area contributed by atoms with Gasteiger partial charge in [0.25, 0.3) is 0 Å². The number of carboxylic acids is 1. The number of alkyl halides is 3. The van der Waals surface area contributed by atoms with Crippen LogP contribution in [0, 0.1) is 0 Å². The van der Waals surface area contributed by atoms with Gasteiger partial charge in [0.15, 0.2) is 0 Å². The molecule has 7 nitrogen and oxygen atoms in total. The number of nitrogens with zero attached hydrogens (tertiary/aromatic N) is 1. The number of ether oxygens (including phenoxy) is 2. The van der Waals surface area contributed by atoms with Crippen molar-refractivity contribution < 1.29 is 37.4 Å². The molecule has 2 aromatic rings. The second kappa shape index (κ2) is 6.92.